The van der Waals surface area contributed by atoms with Crippen LogP contribution in [-0.4, -0.2) is 17.6 Å². The second-order valence-electron chi connectivity index (χ2n) is 5.64. The van der Waals surface area contributed by atoms with Crippen molar-refractivity contribution in [1.29, 1.82) is 0 Å². The van der Waals surface area contributed by atoms with Crippen molar-refractivity contribution in [1.82, 2.24) is 4.98 Å². The number of fused-ring (bicyclic) bond motifs is 1. The summed E-state index contributed by atoms with van der Waals surface area (Å²) in [7, 11) is 1.67. The first-order valence-corrected chi connectivity index (χ1v) is 8.09. The van der Waals surface area contributed by atoms with E-state index in [0.717, 1.165) is 34.4 Å². The second-order valence-corrected chi connectivity index (χ2v) is 5.64. The fourth-order valence-corrected chi connectivity index (χ4v) is 2.71. The van der Waals surface area contributed by atoms with E-state index in [1.54, 1.807) is 7.11 Å². The Balaban J connectivity index is 0.00000156. The Labute approximate surface area is 155 Å². The molecule has 1 aromatic heterocycles. The molecule has 0 aliphatic rings. The third-order valence-corrected chi connectivity index (χ3v) is 4.01. The maximum absolute atomic E-state index is 5.40. The average Bonchev–Trinajstić information content (AvgIpc) is 2.61. The number of aromatic nitrogens is 1. The van der Waals surface area contributed by atoms with Gasteiger partial charge in [0.05, 0.1) is 7.11 Å². The Morgan fingerprint density at radius 2 is 1.80 bits per heavy atom. The number of pyridine rings is 1. The molecule has 0 spiro atoms. The molecule has 0 saturated heterocycles. The zero-order chi connectivity index (χ0) is 16.1. The minimum atomic E-state index is 0. The topological polar surface area (TPSA) is 65.7 Å². The van der Waals surface area contributed by atoms with E-state index in [1.165, 1.54) is 18.4 Å². The molecule has 0 unspecified atom stereocenters. The Kier molecular flexibility index (Phi) is 8.19. The summed E-state index contributed by atoms with van der Waals surface area (Å²) in [4.78, 5) is 4.44. The van der Waals surface area contributed by atoms with Crippen molar-refractivity contribution in [3.05, 3.63) is 60.3 Å². The maximum atomic E-state index is 5.40. The first kappa shape index (κ1) is 20.7. The van der Waals surface area contributed by atoms with Gasteiger partial charge in [-0.15, -0.1) is 12.4 Å². The fourth-order valence-electron chi connectivity index (χ4n) is 2.71. The number of nitrogens with one attached hydrogen (secondary N) is 1. The van der Waals surface area contributed by atoms with E-state index < -0.39 is 0 Å². The molecular formula is C20H25ClN2O2. The summed E-state index contributed by atoms with van der Waals surface area (Å²) in [6, 6.07) is 16.6. The molecule has 0 atom stereocenters. The van der Waals surface area contributed by atoms with E-state index in [1.807, 2.05) is 24.4 Å². The van der Waals surface area contributed by atoms with E-state index >= 15 is 0 Å². The number of anilines is 2. The largest absolute Gasteiger partial charge is 0.494 e. The number of ether oxygens (including phenoxy) is 1. The van der Waals surface area contributed by atoms with Gasteiger partial charge in [-0.3, -0.25) is 4.98 Å². The summed E-state index contributed by atoms with van der Waals surface area (Å²) in [5.41, 5.74) is 4.38. The molecule has 0 aliphatic carbocycles. The Morgan fingerprint density at radius 3 is 2.48 bits per heavy atom. The number of para-hydroxylation sites is 1. The highest BCUT2D eigenvalue weighted by Crippen LogP contribution is 2.30. The van der Waals surface area contributed by atoms with Gasteiger partial charge >= 0.3 is 0 Å². The zero-order valence-electron chi connectivity index (χ0n) is 14.6. The lowest BCUT2D eigenvalue weighted by Crippen LogP contribution is -1.94. The molecule has 3 N–H and O–H groups in total. The standard InChI is InChI=1S/C20H22N2O.ClH.H2O/c1-3-4-6-15-9-11-16(12-10-15)22-18-13-14-21-20-17(18)7-5-8-19(20)23-2;;/h5,7-14H,3-4,6H2,1-2H3,(H,21,22);1H;1H2. The highest BCUT2D eigenvalue weighted by molar-refractivity contribution is 5.96. The van der Waals surface area contributed by atoms with Gasteiger partial charge in [0.2, 0.25) is 0 Å². The SMILES string of the molecule is CCCCc1ccc(Nc2ccnc3c(OC)cccc23)cc1.Cl.O. The molecular weight excluding hydrogens is 336 g/mol. The van der Waals surface area contributed by atoms with E-state index in [0.29, 0.717) is 0 Å². The van der Waals surface area contributed by atoms with E-state index in [2.05, 4.69) is 47.6 Å². The molecule has 0 radical (unpaired) electrons. The van der Waals surface area contributed by atoms with Gasteiger partial charge in [0, 0.05) is 23.0 Å². The lowest BCUT2D eigenvalue weighted by Gasteiger charge is -2.11. The molecule has 1 heterocycles. The quantitative estimate of drug-likeness (QED) is 0.678. The number of methoxy groups -OCH3 is 1. The number of aryl methyl sites for hydroxylation is 1. The van der Waals surface area contributed by atoms with Gasteiger partial charge in [-0.2, -0.15) is 0 Å². The van der Waals surface area contributed by atoms with Crippen LogP contribution >= 0.6 is 12.4 Å². The normalized spacial score (nSPS) is 9.84. The molecule has 25 heavy (non-hydrogen) atoms. The van der Waals surface area contributed by atoms with Crippen molar-refractivity contribution in [2.45, 2.75) is 26.2 Å². The summed E-state index contributed by atoms with van der Waals surface area (Å²) in [5.74, 6) is 0.793. The van der Waals surface area contributed by atoms with E-state index in [4.69, 9.17) is 4.74 Å². The second kappa shape index (κ2) is 9.87. The Morgan fingerprint density at radius 1 is 1.04 bits per heavy atom. The number of rotatable bonds is 6. The predicted octanol–water partition coefficient (Wildman–Crippen LogP) is 4.93. The summed E-state index contributed by atoms with van der Waals surface area (Å²) < 4.78 is 5.40. The van der Waals surface area contributed by atoms with Crippen LogP contribution in [0.1, 0.15) is 25.3 Å². The zero-order valence-corrected chi connectivity index (χ0v) is 15.4. The van der Waals surface area contributed by atoms with Crippen molar-refractivity contribution in [3.8, 4) is 5.75 Å². The van der Waals surface area contributed by atoms with E-state index in [-0.39, 0.29) is 17.9 Å². The van der Waals surface area contributed by atoms with Crippen LogP contribution in [0.3, 0.4) is 0 Å². The summed E-state index contributed by atoms with van der Waals surface area (Å²) in [6.45, 7) is 2.22. The van der Waals surface area contributed by atoms with Crippen molar-refractivity contribution >= 4 is 34.7 Å². The first-order valence-electron chi connectivity index (χ1n) is 8.09. The molecule has 2 aromatic carbocycles. The van der Waals surface area contributed by atoms with Crippen LogP contribution in [0.15, 0.2) is 54.7 Å². The van der Waals surface area contributed by atoms with Crippen LogP contribution in [-0.2, 0) is 6.42 Å². The first-order chi connectivity index (χ1) is 11.3. The summed E-state index contributed by atoms with van der Waals surface area (Å²) >= 11 is 0. The number of benzene rings is 2. The number of nitrogens with zero attached hydrogens (tertiary/aromatic N) is 1. The molecule has 0 bridgehead atoms. The van der Waals surface area contributed by atoms with Gasteiger partial charge < -0.3 is 15.5 Å². The fraction of sp³-hybridized carbons (Fsp3) is 0.250. The van der Waals surface area contributed by atoms with Crippen molar-refractivity contribution < 1.29 is 10.2 Å². The highest BCUT2D eigenvalue weighted by Gasteiger charge is 2.06. The minimum absolute atomic E-state index is 0. The molecule has 0 aliphatic heterocycles. The third kappa shape index (κ3) is 4.84. The van der Waals surface area contributed by atoms with Crippen LogP contribution < -0.4 is 10.1 Å². The number of halogens is 1. The molecule has 134 valence electrons. The number of hydrogen-bond donors (Lipinski definition) is 1. The van der Waals surface area contributed by atoms with Gasteiger partial charge in [0.25, 0.3) is 0 Å². The molecule has 3 rings (SSSR count). The summed E-state index contributed by atoms with van der Waals surface area (Å²) in [6.07, 6.45) is 5.42. The molecule has 5 heteroatoms. The van der Waals surface area contributed by atoms with Gasteiger partial charge in [-0.25, -0.2) is 0 Å². The van der Waals surface area contributed by atoms with Crippen molar-refractivity contribution in [2.24, 2.45) is 0 Å². The predicted molar refractivity (Wildman–Crippen MR) is 107 cm³/mol. The lowest BCUT2D eigenvalue weighted by molar-refractivity contribution is 0.419. The van der Waals surface area contributed by atoms with Crippen LogP contribution in [0, 0.1) is 0 Å². The lowest BCUT2D eigenvalue weighted by atomic mass is 10.1. The average molecular weight is 361 g/mol. The smallest absolute Gasteiger partial charge is 0.145 e. The van der Waals surface area contributed by atoms with E-state index in [9.17, 15) is 0 Å². The van der Waals surface area contributed by atoms with Crippen LogP contribution in [0.2, 0.25) is 0 Å². The molecule has 4 nitrogen and oxygen atoms in total. The summed E-state index contributed by atoms with van der Waals surface area (Å²) in [5, 5.41) is 4.54. The van der Waals surface area contributed by atoms with Crippen LogP contribution in [0.25, 0.3) is 10.9 Å². The van der Waals surface area contributed by atoms with Gasteiger partial charge in [0.1, 0.15) is 11.3 Å². The molecule has 0 amide bonds. The van der Waals surface area contributed by atoms with Crippen LogP contribution in [0.5, 0.6) is 5.75 Å². The van der Waals surface area contributed by atoms with Gasteiger partial charge in [-0.1, -0.05) is 37.6 Å². The Hall–Kier alpha value is -2.30. The van der Waals surface area contributed by atoms with Crippen molar-refractivity contribution in [3.63, 3.8) is 0 Å². The monoisotopic (exact) mass is 360 g/mol. The molecule has 0 fully saturated rings. The highest BCUT2D eigenvalue weighted by atomic mass is 35.5. The van der Waals surface area contributed by atoms with Crippen molar-refractivity contribution in [2.75, 3.05) is 12.4 Å². The molecule has 0 saturated carbocycles. The van der Waals surface area contributed by atoms with Crippen LogP contribution in [0.4, 0.5) is 11.4 Å². The number of hydrogen-bond acceptors (Lipinski definition) is 3. The number of unbranched alkanes of at least 4 members (excludes halogenated alkanes) is 1. The molecule has 3 aromatic rings. The Bertz CT molecular complexity index is 791. The third-order valence-electron chi connectivity index (χ3n) is 4.01. The maximum Gasteiger partial charge on any atom is 0.145 e. The minimum Gasteiger partial charge on any atom is -0.494 e. The van der Waals surface area contributed by atoms with Gasteiger partial charge in [-0.05, 0) is 42.7 Å². The van der Waals surface area contributed by atoms with Gasteiger partial charge in [0.15, 0.2) is 0 Å².